The van der Waals surface area contributed by atoms with Gasteiger partial charge in [0.15, 0.2) is 0 Å². The van der Waals surface area contributed by atoms with Gasteiger partial charge in [0.25, 0.3) is 0 Å². The Labute approximate surface area is 80.9 Å². The average molecular weight is 197 g/mol. The van der Waals surface area contributed by atoms with E-state index >= 15 is 0 Å². The first-order valence-corrected chi connectivity index (χ1v) is 3.84. The van der Waals surface area contributed by atoms with Crippen molar-refractivity contribution in [3.05, 3.63) is 5.82 Å². The molecule has 7 heteroatoms. The van der Waals surface area contributed by atoms with Gasteiger partial charge in [-0.3, -0.25) is 4.90 Å². The van der Waals surface area contributed by atoms with Crippen LogP contribution in [0.15, 0.2) is 0 Å². The van der Waals surface area contributed by atoms with E-state index in [4.69, 9.17) is 10.5 Å². The van der Waals surface area contributed by atoms with E-state index in [2.05, 4.69) is 15.0 Å². The second-order valence-corrected chi connectivity index (χ2v) is 2.57. The van der Waals surface area contributed by atoms with Crippen molar-refractivity contribution in [2.75, 3.05) is 19.1 Å². The van der Waals surface area contributed by atoms with Gasteiger partial charge in [0, 0.05) is 7.05 Å². The molecule has 2 N–H and O–H groups in total. The van der Waals surface area contributed by atoms with E-state index in [0.717, 1.165) is 4.90 Å². The molecule has 0 atom stereocenters. The molecule has 1 heterocycles. The first-order valence-electron chi connectivity index (χ1n) is 3.84. The van der Waals surface area contributed by atoms with Gasteiger partial charge >= 0.3 is 12.0 Å². The maximum Gasteiger partial charge on any atom is 0.321 e. The summed E-state index contributed by atoms with van der Waals surface area (Å²) in [5, 5.41) is 0. The minimum atomic E-state index is -0.641. The number of hydrogen-bond acceptors (Lipinski definition) is 5. The van der Waals surface area contributed by atoms with Crippen molar-refractivity contribution >= 4 is 12.0 Å². The number of carbonyl (C=O) groups is 1. The summed E-state index contributed by atoms with van der Waals surface area (Å²) in [6.07, 6.45) is 0. The SMILES string of the molecule is COc1nc(C)nc(N(C)C(N)=O)n1. The van der Waals surface area contributed by atoms with Gasteiger partial charge in [0.1, 0.15) is 5.82 Å². The molecule has 2 amide bonds. The van der Waals surface area contributed by atoms with Gasteiger partial charge < -0.3 is 10.5 Å². The number of urea groups is 1. The molecular weight excluding hydrogens is 186 g/mol. The lowest BCUT2D eigenvalue weighted by Gasteiger charge is -2.12. The van der Waals surface area contributed by atoms with Crippen molar-refractivity contribution in [3.8, 4) is 6.01 Å². The van der Waals surface area contributed by atoms with Crippen molar-refractivity contribution in [2.45, 2.75) is 6.92 Å². The summed E-state index contributed by atoms with van der Waals surface area (Å²) >= 11 is 0. The molecule has 0 aliphatic carbocycles. The van der Waals surface area contributed by atoms with Crippen molar-refractivity contribution < 1.29 is 9.53 Å². The number of anilines is 1. The molecule has 0 aliphatic heterocycles. The maximum absolute atomic E-state index is 10.8. The molecule has 7 nitrogen and oxygen atoms in total. The Kier molecular flexibility index (Phi) is 2.80. The number of aryl methyl sites for hydroxylation is 1. The number of amides is 2. The number of nitrogens with zero attached hydrogens (tertiary/aromatic N) is 4. The molecule has 0 radical (unpaired) electrons. The topological polar surface area (TPSA) is 94.2 Å². The number of primary amides is 1. The zero-order chi connectivity index (χ0) is 10.7. The first-order chi connectivity index (χ1) is 6.54. The summed E-state index contributed by atoms with van der Waals surface area (Å²) in [6, 6.07) is -0.488. The Balaban J connectivity index is 3.08. The minimum absolute atomic E-state index is 0.153. The Hall–Kier alpha value is -1.92. The van der Waals surface area contributed by atoms with Crippen LogP contribution >= 0.6 is 0 Å². The Morgan fingerprint density at radius 2 is 2.07 bits per heavy atom. The first kappa shape index (κ1) is 10.2. The third kappa shape index (κ3) is 2.06. The molecule has 0 aliphatic rings. The molecular formula is C7H11N5O2. The number of nitrogens with two attached hydrogens (primary N) is 1. The summed E-state index contributed by atoms with van der Waals surface area (Å²) in [6.45, 7) is 1.67. The van der Waals surface area contributed by atoms with Gasteiger partial charge in [-0.1, -0.05) is 0 Å². The summed E-state index contributed by atoms with van der Waals surface area (Å²) in [7, 11) is 2.90. The van der Waals surface area contributed by atoms with Crippen molar-refractivity contribution in [1.82, 2.24) is 15.0 Å². The van der Waals surface area contributed by atoms with Crippen molar-refractivity contribution in [3.63, 3.8) is 0 Å². The molecule has 0 unspecified atom stereocenters. The van der Waals surface area contributed by atoms with E-state index in [9.17, 15) is 4.79 Å². The maximum atomic E-state index is 10.8. The second kappa shape index (κ2) is 3.86. The summed E-state index contributed by atoms with van der Waals surface area (Å²) in [4.78, 5) is 23.6. The molecule has 0 aromatic carbocycles. The quantitative estimate of drug-likeness (QED) is 0.702. The number of rotatable bonds is 2. The van der Waals surface area contributed by atoms with E-state index < -0.39 is 6.03 Å². The molecule has 1 aromatic heterocycles. The fourth-order valence-corrected chi connectivity index (χ4v) is 0.784. The highest BCUT2D eigenvalue weighted by Crippen LogP contribution is 2.09. The molecule has 0 saturated carbocycles. The van der Waals surface area contributed by atoms with Crippen LogP contribution in [0.25, 0.3) is 0 Å². The predicted molar refractivity (Wildman–Crippen MR) is 49.1 cm³/mol. The molecule has 0 fully saturated rings. The van der Waals surface area contributed by atoms with Gasteiger partial charge in [-0.25, -0.2) is 4.79 Å². The zero-order valence-corrected chi connectivity index (χ0v) is 8.18. The van der Waals surface area contributed by atoms with Crippen LogP contribution in [-0.4, -0.2) is 35.1 Å². The highest BCUT2D eigenvalue weighted by Gasteiger charge is 2.12. The van der Waals surface area contributed by atoms with Crippen molar-refractivity contribution in [1.29, 1.82) is 0 Å². The lowest BCUT2D eigenvalue weighted by Crippen LogP contribution is -2.33. The highest BCUT2D eigenvalue weighted by atomic mass is 16.5. The number of methoxy groups -OCH3 is 1. The Morgan fingerprint density at radius 3 is 2.57 bits per heavy atom. The average Bonchev–Trinajstić information content (AvgIpc) is 2.15. The lowest BCUT2D eigenvalue weighted by molar-refractivity contribution is 0.254. The zero-order valence-electron chi connectivity index (χ0n) is 8.18. The minimum Gasteiger partial charge on any atom is -0.467 e. The fourth-order valence-electron chi connectivity index (χ4n) is 0.784. The van der Waals surface area contributed by atoms with Gasteiger partial charge in [-0.05, 0) is 6.92 Å². The van der Waals surface area contributed by atoms with Gasteiger partial charge in [0.2, 0.25) is 5.95 Å². The van der Waals surface area contributed by atoms with Crippen LogP contribution in [0.2, 0.25) is 0 Å². The monoisotopic (exact) mass is 197 g/mol. The highest BCUT2D eigenvalue weighted by molar-refractivity contribution is 5.87. The molecule has 1 aromatic rings. The van der Waals surface area contributed by atoms with E-state index in [1.165, 1.54) is 14.2 Å². The van der Waals surface area contributed by atoms with Gasteiger partial charge in [-0.2, -0.15) is 15.0 Å². The van der Waals surface area contributed by atoms with E-state index in [-0.39, 0.29) is 12.0 Å². The van der Waals surface area contributed by atoms with Crippen molar-refractivity contribution in [2.24, 2.45) is 5.73 Å². The Bertz CT molecular complexity index is 354. The van der Waals surface area contributed by atoms with Crippen LogP contribution in [0.1, 0.15) is 5.82 Å². The van der Waals surface area contributed by atoms with Gasteiger partial charge in [0.05, 0.1) is 7.11 Å². The number of aromatic nitrogens is 3. The number of ether oxygens (including phenoxy) is 1. The van der Waals surface area contributed by atoms with Crippen LogP contribution in [0, 0.1) is 6.92 Å². The smallest absolute Gasteiger partial charge is 0.321 e. The van der Waals surface area contributed by atoms with Crippen LogP contribution in [0.5, 0.6) is 6.01 Å². The number of hydrogen-bond donors (Lipinski definition) is 1. The van der Waals surface area contributed by atoms with E-state index in [0.29, 0.717) is 5.82 Å². The van der Waals surface area contributed by atoms with Crippen LogP contribution in [0.4, 0.5) is 10.7 Å². The molecule has 0 bridgehead atoms. The van der Waals surface area contributed by atoms with E-state index in [1.807, 2.05) is 0 Å². The summed E-state index contributed by atoms with van der Waals surface area (Å²) in [5.41, 5.74) is 5.06. The van der Waals surface area contributed by atoms with Crippen LogP contribution < -0.4 is 15.4 Å². The van der Waals surface area contributed by atoms with Crippen LogP contribution in [0.3, 0.4) is 0 Å². The lowest BCUT2D eigenvalue weighted by atomic mass is 10.6. The van der Waals surface area contributed by atoms with Gasteiger partial charge in [-0.15, -0.1) is 0 Å². The standard InChI is InChI=1S/C7H11N5O2/c1-4-9-6(12(2)5(8)13)11-7(10-4)14-3/h1-3H3,(H2,8,13). The molecule has 76 valence electrons. The van der Waals surface area contributed by atoms with E-state index in [1.54, 1.807) is 6.92 Å². The molecule has 0 spiro atoms. The fraction of sp³-hybridized carbons (Fsp3) is 0.429. The molecule has 1 rings (SSSR count). The number of carbonyl (C=O) groups excluding carboxylic acids is 1. The second-order valence-electron chi connectivity index (χ2n) is 2.57. The third-order valence-electron chi connectivity index (χ3n) is 1.53. The molecule has 14 heavy (non-hydrogen) atoms. The Morgan fingerprint density at radius 1 is 1.43 bits per heavy atom. The molecule has 0 saturated heterocycles. The summed E-state index contributed by atoms with van der Waals surface area (Å²) < 4.78 is 4.82. The summed E-state index contributed by atoms with van der Waals surface area (Å²) in [5.74, 6) is 0.627. The third-order valence-corrected chi connectivity index (χ3v) is 1.53. The predicted octanol–water partition coefficient (Wildman–Crippen LogP) is -0.296. The normalized spacial score (nSPS) is 9.64. The van der Waals surface area contributed by atoms with Crippen LogP contribution in [-0.2, 0) is 0 Å². The largest absolute Gasteiger partial charge is 0.467 e.